The van der Waals surface area contributed by atoms with Crippen molar-refractivity contribution in [2.24, 2.45) is 0 Å². The van der Waals surface area contributed by atoms with Crippen LogP contribution in [0.5, 0.6) is 0 Å². The molecule has 1 aromatic carbocycles. The number of aromatic nitrogens is 1. The maximum Gasteiger partial charge on any atom is 0.147 e. The monoisotopic (exact) mass is 279 g/mol. The van der Waals surface area contributed by atoms with E-state index in [-0.39, 0.29) is 5.75 Å². The Morgan fingerprint density at radius 3 is 2.84 bits per heavy atom. The second-order valence-electron chi connectivity index (χ2n) is 4.53. The Labute approximate surface area is 112 Å². The molecule has 1 aromatic heterocycles. The molecule has 5 nitrogen and oxygen atoms in total. The van der Waals surface area contributed by atoms with Crippen molar-refractivity contribution in [2.45, 2.75) is 6.42 Å². The molecule has 0 unspecified atom stereocenters. The normalized spacial score (nSPS) is 11.6. The van der Waals surface area contributed by atoms with Gasteiger partial charge in [0.05, 0.1) is 17.1 Å². The molecule has 2 rings (SSSR count). The molecule has 0 saturated heterocycles. The van der Waals surface area contributed by atoms with Gasteiger partial charge < -0.3 is 11.1 Å². The van der Waals surface area contributed by atoms with Gasteiger partial charge >= 0.3 is 0 Å². The minimum Gasteiger partial charge on any atom is -0.397 e. The standard InChI is InChI=1S/C13H17N3O2S/c1-19(17,18)8-2-6-16-12-4-3-10-9-15-7-5-11(10)13(12)14/h3-5,7,9,16H,2,6,8,14H2,1H3. The van der Waals surface area contributed by atoms with Crippen LogP contribution in [0.25, 0.3) is 10.8 Å². The molecule has 0 saturated carbocycles. The van der Waals surface area contributed by atoms with Crippen LogP contribution in [-0.2, 0) is 9.84 Å². The first-order valence-corrected chi connectivity index (χ1v) is 8.07. The number of rotatable bonds is 5. The lowest BCUT2D eigenvalue weighted by molar-refractivity contribution is 0.600. The first-order valence-electron chi connectivity index (χ1n) is 6.01. The average Bonchev–Trinajstić information content (AvgIpc) is 2.36. The smallest absolute Gasteiger partial charge is 0.147 e. The van der Waals surface area contributed by atoms with Gasteiger partial charge in [-0.1, -0.05) is 6.07 Å². The zero-order valence-electron chi connectivity index (χ0n) is 10.8. The third-order valence-corrected chi connectivity index (χ3v) is 3.90. The molecule has 6 heteroatoms. The number of hydrogen-bond donors (Lipinski definition) is 2. The molecule has 0 aliphatic rings. The van der Waals surface area contributed by atoms with E-state index in [1.165, 1.54) is 6.26 Å². The lowest BCUT2D eigenvalue weighted by atomic mass is 10.1. The van der Waals surface area contributed by atoms with Gasteiger partial charge in [-0.15, -0.1) is 0 Å². The Bertz CT molecular complexity index is 683. The van der Waals surface area contributed by atoms with Gasteiger partial charge in [0, 0.05) is 36.0 Å². The summed E-state index contributed by atoms with van der Waals surface area (Å²) in [7, 11) is -2.90. The predicted octanol–water partition coefficient (Wildman–Crippen LogP) is 1.66. The van der Waals surface area contributed by atoms with Gasteiger partial charge in [0.1, 0.15) is 9.84 Å². The van der Waals surface area contributed by atoms with Crippen LogP contribution in [0.2, 0.25) is 0 Å². The van der Waals surface area contributed by atoms with Crippen LogP contribution in [0.3, 0.4) is 0 Å². The Balaban J connectivity index is 2.07. The maximum atomic E-state index is 11.0. The molecular weight excluding hydrogens is 262 g/mol. The van der Waals surface area contributed by atoms with Gasteiger partial charge in [0.2, 0.25) is 0 Å². The molecule has 0 spiro atoms. The summed E-state index contributed by atoms with van der Waals surface area (Å²) in [4.78, 5) is 4.04. The first kappa shape index (κ1) is 13.6. The van der Waals surface area contributed by atoms with Gasteiger partial charge in [-0.25, -0.2) is 8.42 Å². The van der Waals surface area contributed by atoms with Crippen molar-refractivity contribution in [3.63, 3.8) is 0 Å². The van der Waals surface area contributed by atoms with E-state index in [0.29, 0.717) is 18.7 Å². The van der Waals surface area contributed by atoms with Crippen LogP contribution >= 0.6 is 0 Å². The minimum absolute atomic E-state index is 0.178. The number of sulfone groups is 1. The SMILES string of the molecule is CS(=O)(=O)CCCNc1ccc2cnccc2c1N. The zero-order chi connectivity index (χ0) is 13.9. The van der Waals surface area contributed by atoms with Gasteiger partial charge in [-0.05, 0) is 18.6 Å². The van der Waals surface area contributed by atoms with Gasteiger partial charge in [-0.3, -0.25) is 4.98 Å². The highest BCUT2D eigenvalue weighted by atomic mass is 32.2. The summed E-state index contributed by atoms with van der Waals surface area (Å²) in [6.07, 6.45) is 5.27. The Hall–Kier alpha value is -1.82. The number of nitrogen functional groups attached to an aromatic ring is 1. The van der Waals surface area contributed by atoms with Crippen LogP contribution in [0.1, 0.15) is 6.42 Å². The second kappa shape index (κ2) is 5.44. The van der Waals surface area contributed by atoms with Gasteiger partial charge in [0.15, 0.2) is 0 Å². The fourth-order valence-electron chi connectivity index (χ4n) is 1.90. The number of hydrogen-bond acceptors (Lipinski definition) is 5. The number of anilines is 2. The third kappa shape index (κ3) is 3.57. The van der Waals surface area contributed by atoms with Crippen LogP contribution < -0.4 is 11.1 Å². The molecule has 1 heterocycles. The molecule has 0 fully saturated rings. The second-order valence-corrected chi connectivity index (χ2v) is 6.79. The number of pyridine rings is 1. The van der Waals surface area contributed by atoms with Crippen molar-refractivity contribution in [3.8, 4) is 0 Å². The van der Waals surface area contributed by atoms with E-state index in [2.05, 4.69) is 10.3 Å². The summed E-state index contributed by atoms with van der Waals surface area (Å²) < 4.78 is 22.0. The molecule has 0 bridgehead atoms. The summed E-state index contributed by atoms with van der Waals surface area (Å²) in [5.74, 6) is 0.178. The number of fused-ring (bicyclic) bond motifs is 1. The fourth-order valence-corrected chi connectivity index (χ4v) is 2.57. The van der Waals surface area contributed by atoms with E-state index in [1.54, 1.807) is 12.4 Å². The minimum atomic E-state index is -2.90. The van der Waals surface area contributed by atoms with Crippen molar-refractivity contribution in [1.29, 1.82) is 0 Å². The lowest BCUT2D eigenvalue weighted by Gasteiger charge is -2.11. The highest BCUT2D eigenvalue weighted by Crippen LogP contribution is 2.27. The number of nitrogens with one attached hydrogen (secondary N) is 1. The number of nitrogens with two attached hydrogens (primary N) is 1. The van der Waals surface area contributed by atoms with Gasteiger partial charge in [0.25, 0.3) is 0 Å². The van der Waals surface area contributed by atoms with E-state index in [0.717, 1.165) is 16.5 Å². The van der Waals surface area contributed by atoms with E-state index < -0.39 is 9.84 Å². The predicted molar refractivity (Wildman–Crippen MR) is 79.0 cm³/mol. The van der Waals surface area contributed by atoms with Crippen molar-refractivity contribution < 1.29 is 8.42 Å². The molecule has 0 atom stereocenters. The third-order valence-electron chi connectivity index (χ3n) is 2.87. The van der Waals surface area contributed by atoms with Crippen LogP contribution in [0.4, 0.5) is 11.4 Å². The highest BCUT2D eigenvalue weighted by molar-refractivity contribution is 7.90. The summed E-state index contributed by atoms with van der Waals surface area (Å²) in [6, 6.07) is 5.70. The van der Waals surface area contributed by atoms with E-state index in [9.17, 15) is 8.42 Å². The lowest BCUT2D eigenvalue weighted by Crippen LogP contribution is -2.10. The van der Waals surface area contributed by atoms with E-state index in [4.69, 9.17) is 5.73 Å². The first-order chi connectivity index (χ1) is 8.97. The average molecular weight is 279 g/mol. The number of nitrogens with zero attached hydrogens (tertiary/aromatic N) is 1. The van der Waals surface area contributed by atoms with Crippen molar-refractivity contribution >= 4 is 32.0 Å². The zero-order valence-corrected chi connectivity index (χ0v) is 11.6. The van der Waals surface area contributed by atoms with Crippen LogP contribution in [0.15, 0.2) is 30.6 Å². The Morgan fingerprint density at radius 1 is 1.32 bits per heavy atom. The van der Waals surface area contributed by atoms with E-state index in [1.807, 2.05) is 18.2 Å². The summed E-state index contributed by atoms with van der Waals surface area (Å²) in [5, 5.41) is 5.10. The maximum absolute atomic E-state index is 11.0. The van der Waals surface area contributed by atoms with E-state index >= 15 is 0 Å². The quantitative estimate of drug-likeness (QED) is 0.642. The van der Waals surface area contributed by atoms with Gasteiger partial charge in [-0.2, -0.15) is 0 Å². The molecule has 0 amide bonds. The molecular formula is C13H17N3O2S. The van der Waals surface area contributed by atoms with Crippen LogP contribution in [-0.4, -0.2) is 32.0 Å². The molecule has 19 heavy (non-hydrogen) atoms. The Kier molecular flexibility index (Phi) is 3.90. The van der Waals surface area contributed by atoms with Crippen molar-refractivity contribution in [1.82, 2.24) is 4.98 Å². The molecule has 0 aliphatic heterocycles. The molecule has 2 aromatic rings. The summed E-state index contributed by atoms with van der Waals surface area (Å²) >= 11 is 0. The van der Waals surface area contributed by atoms with Crippen molar-refractivity contribution in [3.05, 3.63) is 30.6 Å². The topological polar surface area (TPSA) is 85.1 Å². The fraction of sp³-hybridized carbons (Fsp3) is 0.308. The molecule has 0 aliphatic carbocycles. The molecule has 102 valence electrons. The summed E-state index contributed by atoms with van der Waals surface area (Å²) in [5.41, 5.74) is 7.57. The highest BCUT2D eigenvalue weighted by Gasteiger charge is 2.05. The number of benzene rings is 1. The van der Waals surface area contributed by atoms with Crippen molar-refractivity contribution in [2.75, 3.05) is 29.6 Å². The Morgan fingerprint density at radius 2 is 2.11 bits per heavy atom. The largest absolute Gasteiger partial charge is 0.397 e. The molecule has 3 N–H and O–H groups in total. The van der Waals surface area contributed by atoms with Crippen LogP contribution in [0, 0.1) is 0 Å². The summed E-state index contributed by atoms with van der Waals surface area (Å²) in [6.45, 7) is 0.577. The molecule has 0 radical (unpaired) electrons.